The van der Waals surface area contributed by atoms with Crippen molar-refractivity contribution in [1.82, 2.24) is 10.2 Å². The lowest BCUT2D eigenvalue weighted by molar-refractivity contribution is -0.114. The molecule has 0 saturated heterocycles. The van der Waals surface area contributed by atoms with Crippen LogP contribution in [-0.4, -0.2) is 29.0 Å². The molecule has 0 bridgehead atoms. The zero-order chi connectivity index (χ0) is 14.3. The van der Waals surface area contributed by atoms with Crippen LogP contribution in [0, 0.1) is 6.92 Å². The number of fused-ring (bicyclic) bond motifs is 1. The van der Waals surface area contributed by atoms with Crippen LogP contribution in [0.2, 0.25) is 0 Å². The Kier molecular flexibility index (Phi) is 2.74. The number of Topliss-reactive ketones (excluding diaryl/α,β-unsaturated/α-hetero) is 1. The number of ether oxygens (including phenoxy) is 1. The topological polar surface area (TPSA) is 85.5 Å². The highest BCUT2D eigenvalue weighted by Gasteiger charge is 2.36. The lowest BCUT2D eigenvalue weighted by atomic mass is 10.1. The second kappa shape index (κ2) is 4.44. The van der Waals surface area contributed by atoms with Crippen LogP contribution in [0.15, 0.2) is 22.6 Å². The Morgan fingerprint density at radius 1 is 1.30 bits per heavy atom. The molecule has 20 heavy (non-hydrogen) atoms. The summed E-state index contributed by atoms with van der Waals surface area (Å²) in [6, 6.07) is 4.91. The molecule has 0 fully saturated rings. The van der Waals surface area contributed by atoms with Crippen molar-refractivity contribution in [3.63, 3.8) is 0 Å². The number of methoxy groups -OCH3 is 1. The smallest absolute Gasteiger partial charge is 0.299 e. The zero-order valence-electron chi connectivity index (χ0n) is 10.9. The molecular formula is C13H11N3O4. The number of amides is 1. The molecule has 0 unspecified atom stereocenters. The SMILES string of the molecule is COc1ccc2c(c1)C(=O)C(=O)N2Cc1nnc(C)o1. The van der Waals surface area contributed by atoms with E-state index in [1.807, 2.05) is 0 Å². The van der Waals surface area contributed by atoms with E-state index in [1.165, 1.54) is 12.0 Å². The molecule has 1 aliphatic rings. The summed E-state index contributed by atoms with van der Waals surface area (Å²) in [6.45, 7) is 1.73. The monoisotopic (exact) mass is 273 g/mol. The van der Waals surface area contributed by atoms with Gasteiger partial charge in [-0.1, -0.05) is 0 Å². The highest BCUT2D eigenvalue weighted by molar-refractivity contribution is 6.52. The standard InChI is InChI=1S/C13H11N3O4/c1-7-14-15-11(20-7)6-16-10-4-3-8(19-2)5-9(10)12(17)13(16)18/h3-5H,6H2,1-2H3. The van der Waals surface area contributed by atoms with E-state index in [-0.39, 0.29) is 12.4 Å². The van der Waals surface area contributed by atoms with Crippen molar-refractivity contribution in [2.24, 2.45) is 0 Å². The molecule has 1 aromatic heterocycles. The summed E-state index contributed by atoms with van der Waals surface area (Å²) in [6.07, 6.45) is 0. The Labute approximate surface area is 114 Å². The van der Waals surface area contributed by atoms with E-state index in [1.54, 1.807) is 25.1 Å². The molecule has 1 aliphatic heterocycles. The fourth-order valence-electron chi connectivity index (χ4n) is 2.10. The highest BCUT2D eigenvalue weighted by atomic mass is 16.5. The minimum Gasteiger partial charge on any atom is -0.497 e. The van der Waals surface area contributed by atoms with Crippen LogP contribution in [0.1, 0.15) is 22.1 Å². The number of hydrogen-bond acceptors (Lipinski definition) is 6. The molecule has 1 aromatic carbocycles. The van der Waals surface area contributed by atoms with E-state index in [0.29, 0.717) is 22.9 Å². The number of carbonyl (C=O) groups excluding carboxylic acids is 2. The molecule has 0 radical (unpaired) electrons. The maximum Gasteiger partial charge on any atom is 0.299 e. The molecule has 2 aromatic rings. The minimum atomic E-state index is -0.607. The Balaban J connectivity index is 1.98. The summed E-state index contributed by atoms with van der Waals surface area (Å²) in [5, 5.41) is 7.53. The van der Waals surface area contributed by atoms with E-state index >= 15 is 0 Å². The molecule has 0 N–H and O–H groups in total. The fourth-order valence-corrected chi connectivity index (χ4v) is 2.10. The van der Waals surface area contributed by atoms with Crippen LogP contribution in [0.5, 0.6) is 5.75 Å². The maximum atomic E-state index is 12.0. The normalized spacial score (nSPS) is 13.8. The first kappa shape index (κ1) is 12.3. The van der Waals surface area contributed by atoms with Gasteiger partial charge in [0.2, 0.25) is 11.8 Å². The summed E-state index contributed by atoms with van der Waals surface area (Å²) in [4.78, 5) is 25.3. The molecule has 3 rings (SSSR count). The fraction of sp³-hybridized carbons (Fsp3) is 0.231. The third kappa shape index (κ3) is 1.83. The number of aromatic nitrogens is 2. The van der Waals surface area contributed by atoms with Crippen molar-refractivity contribution in [3.8, 4) is 5.75 Å². The Hall–Kier alpha value is -2.70. The molecular weight excluding hydrogens is 262 g/mol. The number of benzene rings is 1. The molecule has 0 spiro atoms. The summed E-state index contributed by atoms with van der Waals surface area (Å²) in [5.74, 6) is 0.0554. The van der Waals surface area contributed by atoms with Crippen molar-refractivity contribution >= 4 is 17.4 Å². The second-order valence-electron chi connectivity index (χ2n) is 4.32. The average molecular weight is 273 g/mol. The molecule has 0 saturated carbocycles. The Morgan fingerprint density at radius 3 is 2.75 bits per heavy atom. The van der Waals surface area contributed by atoms with Gasteiger partial charge in [-0.3, -0.25) is 14.5 Å². The van der Waals surface area contributed by atoms with Gasteiger partial charge in [0.25, 0.3) is 11.7 Å². The summed E-state index contributed by atoms with van der Waals surface area (Å²) in [7, 11) is 1.50. The number of carbonyl (C=O) groups is 2. The second-order valence-corrected chi connectivity index (χ2v) is 4.32. The van der Waals surface area contributed by atoms with E-state index in [9.17, 15) is 9.59 Å². The van der Waals surface area contributed by atoms with Crippen molar-refractivity contribution in [3.05, 3.63) is 35.5 Å². The van der Waals surface area contributed by atoms with Crippen molar-refractivity contribution < 1.29 is 18.7 Å². The van der Waals surface area contributed by atoms with E-state index in [2.05, 4.69) is 10.2 Å². The van der Waals surface area contributed by atoms with Crippen molar-refractivity contribution in [2.45, 2.75) is 13.5 Å². The largest absolute Gasteiger partial charge is 0.497 e. The van der Waals surface area contributed by atoms with E-state index in [4.69, 9.17) is 9.15 Å². The summed E-state index contributed by atoms with van der Waals surface area (Å²) >= 11 is 0. The van der Waals surface area contributed by atoms with Crippen LogP contribution >= 0.6 is 0 Å². The van der Waals surface area contributed by atoms with Crippen LogP contribution in [0.4, 0.5) is 5.69 Å². The van der Waals surface area contributed by atoms with Crippen LogP contribution in [0.25, 0.3) is 0 Å². The van der Waals surface area contributed by atoms with Gasteiger partial charge in [-0.25, -0.2) is 0 Å². The summed E-state index contributed by atoms with van der Waals surface area (Å²) in [5.41, 5.74) is 0.849. The highest BCUT2D eigenvalue weighted by Crippen LogP contribution is 2.32. The molecule has 2 heterocycles. The van der Waals surface area contributed by atoms with Gasteiger partial charge in [0.05, 0.1) is 18.4 Å². The number of hydrogen-bond donors (Lipinski definition) is 0. The van der Waals surface area contributed by atoms with Crippen molar-refractivity contribution in [2.75, 3.05) is 12.0 Å². The maximum absolute atomic E-state index is 12.0. The van der Waals surface area contributed by atoms with Gasteiger partial charge in [0, 0.05) is 6.92 Å². The lowest BCUT2D eigenvalue weighted by Crippen LogP contribution is -2.29. The third-order valence-corrected chi connectivity index (χ3v) is 3.04. The average Bonchev–Trinajstić information content (AvgIpc) is 2.96. The zero-order valence-corrected chi connectivity index (χ0v) is 10.9. The third-order valence-electron chi connectivity index (χ3n) is 3.04. The van der Waals surface area contributed by atoms with Gasteiger partial charge in [0.15, 0.2) is 0 Å². The van der Waals surface area contributed by atoms with Crippen molar-refractivity contribution in [1.29, 1.82) is 0 Å². The number of nitrogens with zero attached hydrogens (tertiary/aromatic N) is 3. The quantitative estimate of drug-likeness (QED) is 0.779. The van der Waals surface area contributed by atoms with E-state index < -0.39 is 11.7 Å². The van der Waals surface area contributed by atoms with Gasteiger partial charge in [-0.2, -0.15) is 0 Å². The van der Waals surface area contributed by atoms with Crippen LogP contribution in [-0.2, 0) is 11.3 Å². The molecule has 7 heteroatoms. The van der Waals surface area contributed by atoms with Gasteiger partial charge in [-0.05, 0) is 18.2 Å². The first-order chi connectivity index (χ1) is 9.60. The van der Waals surface area contributed by atoms with Crippen LogP contribution in [0.3, 0.4) is 0 Å². The molecule has 0 atom stereocenters. The van der Waals surface area contributed by atoms with Gasteiger partial charge in [-0.15, -0.1) is 10.2 Å². The van der Waals surface area contributed by atoms with Gasteiger partial charge < -0.3 is 9.15 Å². The van der Waals surface area contributed by atoms with E-state index in [0.717, 1.165) is 0 Å². The molecule has 0 aliphatic carbocycles. The lowest BCUT2D eigenvalue weighted by Gasteiger charge is -2.13. The number of anilines is 1. The molecule has 1 amide bonds. The van der Waals surface area contributed by atoms with Crippen LogP contribution < -0.4 is 9.64 Å². The minimum absolute atomic E-state index is 0.0741. The number of rotatable bonds is 3. The van der Waals surface area contributed by atoms with Gasteiger partial charge >= 0.3 is 0 Å². The Morgan fingerprint density at radius 2 is 2.10 bits per heavy atom. The Bertz CT molecular complexity index is 707. The predicted molar refractivity (Wildman–Crippen MR) is 67.5 cm³/mol. The first-order valence-corrected chi connectivity index (χ1v) is 5.93. The molecule has 7 nitrogen and oxygen atoms in total. The number of aryl methyl sites for hydroxylation is 1. The summed E-state index contributed by atoms with van der Waals surface area (Å²) < 4.78 is 10.3. The number of ketones is 1. The first-order valence-electron chi connectivity index (χ1n) is 5.93. The molecule has 102 valence electrons. The van der Waals surface area contributed by atoms with Gasteiger partial charge in [0.1, 0.15) is 12.3 Å². The predicted octanol–water partition coefficient (Wildman–Crippen LogP) is 1.12.